The lowest BCUT2D eigenvalue weighted by Gasteiger charge is -2.43. The average Bonchev–Trinajstić information content (AvgIpc) is 3.14. The van der Waals surface area contributed by atoms with Crippen molar-refractivity contribution in [2.24, 2.45) is 13.0 Å². The number of allylic oxidation sites excluding steroid dienone is 4. The summed E-state index contributed by atoms with van der Waals surface area (Å²) in [5, 5.41) is 15.8. The molecule has 1 aromatic heterocycles. The first-order chi connectivity index (χ1) is 13.2. The molecule has 5 rings (SSSR count). The van der Waals surface area contributed by atoms with Crippen LogP contribution in [0.1, 0.15) is 24.8 Å². The van der Waals surface area contributed by atoms with Gasteiger partial charge in [0.15, 0.2) is 0 Å². The van der Waals surface area contributed by atoms with Crippen LogP contribution in [-0.4, -0.2) is 38.9 Å². The zero-order valence-electron chi connectivity index (χ0n) is 15.4. The molecule has 1 aromatic carbocycles. The first kappa shape index (κ1) is 16.4. The van der Waals surface area contributed by atoms with Crippen molar-refractivity contribution in [3.63, 3.8) is 0 Å². The topological polar surface area (TPSA) is 64.9 Å². The highest BCUT2D eigenvalue weighted by Crippen LogP contribution is 2.45. The molecule has 2 aromatic rings. The molecule has 27 heavy (non-hydrogen) atoms. The van der Waals surface area contributed by atoms with E-state index in [0.717, 1.165) is 43.7 Å². The van der Waals surface area contributed by atoms with Gasteiger partial charge in [0.2, 0.25) is 5.82 Å². The monoisotopic (exact) mass is 361 g/mol. The standard InChI is InChI=1S/C21H23N5O/c1-26-24-20(23-25-26)16-8-6-15(7-9-16)18-14-21(10-12-22-13-11-21)27-19-5-3-2-4-17(18)19/h2-3,5-9,14,17,22H,4,10-13H2,1H3. The van der Waals surface area contributed by atoms with Crippen LogP contribution in [0.25, 0.3) is 17.0 Å². The minimum absolute atomic E-state index is 0.181. The van der Waals surface area contributed by atoms with Crippen LogP contribution in [0.4, 0.5) is 0 Å². The SMILES string of the molecule is Cn1nnc(-c2ccc(C3=CC4(CCNCC4)OC4=CC=CCC43)cc2)n1. The van der Waals surface area contributed by atoms with Crippen LogP contribution in [0.15, 0.2) is 54.3 Å². The van der Waals surface area contributed by atoms with Crippen molar-refractivity contribution in [3.05, 3.63) is 59.9 Å². The maximum Gasteiger partial charge on any atom is 0.204 e. The summed E-state index contributed by atoms with van der Waals surface area (Å²) in [6.07, 6.45) is 11.9. The molecule has 6 nitrogen and oxygen atoms in total. The van der Waals surface area contributed by atoms with Gasteiger partial charge in [-0.15, -0.1) is 10.2 Å². The molecule has 0 bridgehead atoms. The molecule has 3 aliphatic rings. The molecule has 1 N–H and O–H groups in total. The quantitative estimate of drug-likeness (QED) is 0.891. The number of tetrazole rings is 1. The van der Waals surface area contributed by atoms with Crippen LogP contribution in [0.2, 0.25) is 0 Å². The lowest BCUT2D eigenvalue weighted by molar-refractivity contribution is 0.00124. The third-order valence-corrected chi connectivity index (χ3v) is 5.66. The number of piperidine rings is 1. The summed E-state index contributed by atoms with van der Waals surface area (Å²) in [4.78, 5) is 1.48. The molecule has 0 radical (unpaired) electrons. The molecule has 3 heterocycles. The molecule has 6 heteroatoms. The predicted octanol–water partition coefficient (Wildman–Crippen LogP) is 2.87. The average molecular weight is 361 g/mol. The van der Waals surface area contributed by atoms with Gasteiger partial charge in [-0.3, -0.25) is 0 Å². The van der Waals surface area contributed by atoms with Gasteiger partial charge in [0.1, 0.15) is 11.4 Å². The van der Waals surface area contributed by atoms with E-state index in [2.05, 4.69) is 69.3 Å². The zero-order chi connectivity index (χ0) is 18.3. The van der Waals surface area contributed by atoms with Gasteiger partial charge in [0.05, 0.1) is 7.05 Å². The van der Waals surface area contributed by atoms with Crippen LogP contribution in [0.5, 0.6) is 0 Å². The van der Waals surface area contributed by atoms with E-state index < -0.39 is 0 Å². The summed E-state index contributed by atoms with van der Waals surface area (Å²) in [6, 6.07) is 8.51. The first-order valence-corrected chi connectivity index (χ1v) is 9.56. The minimum atomic E-state index is -0.181. The molecule has 2 aliphatic heterocycles. The van der Waals surface area contributed by atoms with E-state index in [4.69, 9.17) is 4.74 Å². The van der Waals surface area contributed by atoms with E-state index in [1.54, 1.807) is 7.05 Å². The molecule has 1 spiro atoms. The normalized spacial score (nSPS) is 23.4. The summed E-state index contributed by atoms with van der Waals surface area (Å²) < 4.78 is 6.53. The third-order valence-electron chi connectivity index (χ3n) is 5.66. The number of fused-ring (bicyclic) bond motifs is 1. The Hall–Kier alpha value is -2.73. The number of aromatic nitrogens is 4. The van der Waals surface area contributed by atoms with Crippen molar-refractivity contribution in [1.82, 2.24) is 25.5 Å². The Morgan fingerprint density at radius 1 is 1.15 bits per heavy atom. The van der Waals surface area contributed by atoms with Gasteiger partial charge < -0.3 is 10.1 Å². The van der Waals surface area contributed by atoms with Gasteiger partial charge in [-0.25, -0.2) is 0 Å². The van der Waals surface area contributed by atoms with Crippen LogP contribution in [-0.2, 0) is 11.8 Å². The van der Waals surface area contributed by atoms with Gasteiger partial charge in [-0.1, -0.05) is 36.4 Å². The number of hydrogen-bond donors (Lipinski definition) is 1. The Morgan fingerprint density at radius 3 is 2.67 bits per heavy atom. The Balaban J connectivity index is 1.53. The number of nitrogens with one attached hydrogen (secondary N) is 1. The number of hydrogen-bond acceptors (Lipinski definition) is 5. The Labute approximate surface area is 158 Å². The summed E-state index contributed by atoms with van der Waals surface area (Å²) in [5.41, 5.74) is 3.42. The number of nitrogens with zero attached hydrogens (tertiary/aromatic N) is 4. The van der Waals surface area contributed by atoms with Crippen molar-refractivity contribution < 1.29 is 4.74 Å². The van der Waals surface area contributed by atoms with Crippen LogP contribution < -0.4 is 5.32 Å². The van der Waals surface area contributed by atoms with Crippen molar-refractivity contribution in [2.75, 3.05) is 13.1 Å². The van der Waals surface area contributed by atoms with E-state index in [1.807, 2.05) is 0 Å². The van der Waals surface area contributed by atoms with E-state index in [0.29, 0.717) is 11.7 Å². The van der Waals surface area contributed by atoms with E-state index in [-0.39, 0.29) is 5.60 Å². The third kappa shape index (κ3) is 3.00. The van der Waals surface area contributed by atoms with Gasteiger partial charge in [0, 0.05) is 24.3 Å². The lowest BCUT2D eigenvalue weighted by Crippen LogP contribution is -2.45. The molecular weight excluding hydrogens is 338 g/mol. The predicted molar refractivity (Wildman–Crippen MR) is 103 cm³/mol. The first-order valence-electron chi connectivity index (χ1n) is 9.56. The molecular formula is C21H23N5O. The highest BCUT2D eigenvalue weighted by atomic mass is 16.5. The summed E-state index contributed by atoms with van der Waals surface area (Å²) in [6.45, 7) is 1.99. The number of rotatable bonds is 2. The number of aryl methyl sites for hydroxylation is 1. The fourth-order valence-electron chi connectivity index (χ4n) is 4.24. The molecule has 0 saturated carbocycles. The highest BCUT2D eigenvalue weighted by molar-refractivity contribution is 5.74. The highest BCUT2D eigenvalue weighted by Gasteiger charge is 2.40. The van der Waals surface area contributed by atoms with Crippen LogP contribution >= 0.6 is 0 Å². The van der Waals surface area contributed by atoms with Crippen molar-refractivity contribution >= 4 is 5.57 Å². The Morgan fingerprint density at radius 2 is 1.93 bits per heavy atom. The van der Waals surface area contributed by atoms with Gasteiger partial charge in [-0.2, -0.15) is 4.80 Å². The molecule has 1 saturated heterocycles. The molecule has 0 amide bonds. The van der Waals surface area contributed by atoms with Crippen LogP contribution in [0.3, 0.4) is 0 Å². The Kier molecular flexibility index (Phi) is 3.93. The van der Waals surface area contributed by atoms with Crippen molar-refractivity contribution in [3.8, 4) is 11.4 Å². The molecule has 1 fully saturated rings. The lowest BCUT2D eigenvalue weighted by atomic mass is 9.77. The summed E-state index contributed by atoms with van der Waals surface area (Å²) in [7, 11) is 1.78. The van der Waals surface area contributed by atoms with E-state index >= 15 is 0 Å². The number of ether oxygens (including phenoxy) is 1. The largest absolute Gasteiger partial charge is 0.487 e. The second-order valence-electron chi connectivity index (χ2n) is 7.48. The van der Waals surface area contributed by atoms with Gasteiger partial charge in [-0.05, 0) is 48.0 Å². The van der Waals surface area contributed by atoms with Crippen molar-refractivity contribution in [1.29, 1.82) is 0 Å². The number of benzene rings is 1. The maximum atomic E-state index is 6.53. The van der Waals surface area contributed by atoms with Crippen molar-refractivity contribution in [2.45, 2.75) is 24.9 Å². The fourth-order valence-corrected chi connectivity index (χ4v) is 4.24. The smallest absolute Gasteiger partial charge is 0.204 e. The molecule has 138 valence electrons. The Bertz CT molecular complexity index is 932. The second kappa shape index (κ2) is 6.46. The zero-order valence-corrected chi connectivity index (χ0v) is 15.4. The fraction of sp³-hybridized carbons (Fsp3) is 0.381. The van der Waals surface area contributed by atoms with Crippen LogP contribution in [0, 0.1) is 5.92 Å². The van der Waals surface area contributed by atoms with Gasteiger partial charge in [0.25, 0.3) is 0 Å². The molecule has 1 atom stereocenters. The second-order valence-corrected chi connectivity index (χ2v) is 7.48. The molecule has 1 unspecified atom stereocenters. The van der Waals surface area contributed by atoms with Gasteiger partial charge >= 0.3 is 0 Å². The molecule has 1 aliphatic carbocycles. The maximum absolute atomic E-state index is 6.53. The van der Waals surface area contributed by atoms with E-state index in [9.17, 15) is 0 Å². The summed E-state index contributed by atoms with van der Waals surface area (Å²) >= 11 is 0. The summed E-state index contributed by atoms with van der Waals surface area (Å²) in [5.74, 6) is 2.06. The minimum Gasteiger partial charge on any atom is -0.487 e. The van der Waals surface area contributed by atoms with E-state index in [1.165, 1.54) is 15.9 Å².